The van der Waals surface area contributed by atoms with Crippen LogP contribution < -0.4 is 0 Å². The second-order valence-corrected chi connectivity index (χ2v) is 9.17. The second kappa shape index (κ2) is 8.48. The molecule has 4 nitrogen and oxygen atoms in total. The fourth-order valence-corrected chi connectivity index (χ4v) is 2.26. The zero-order valence-corrected chi connectivity index (χ0v) is 17.1. The zero-order chi connectivity index (χ0) is 18.5. The van der Waals surface area contributed by atoms with Gasteiger partial charge in [-0.2, -0.15) is 0 Å². The van der Waals surface area contributed by atoms with Crippen LogP contribution in [0.5, 0.6) is 0 Å². The smallest absolute Gasteiger partial charge is 0.225 e. The fraction of sp³-hybridized carbons (Fsp3) is 0.947. The van der Waals surface area contributed by atoms with Crippen molar-refractivity contribution < 1.29 is 14.3 Å². The molecule has 0 saturated heterocycles. The Morgan fingerprint density at radius 2 is 1.52 bits per heavy atom. The topological polar surface area (TPSA) is 38.8 Å². The van der Waals surface area contributed by atoms with Gasteiger partial charge in [0, 0.05) is 19.7 Å². The van der Waals surface area contributed by atoms with E-state index in [2.05, 4.69) is 34.6 Å². The highest BCUT2D eigenvalue weighted by molar-refractivity contribution is 5.77. The number of carbonyl (C=O) groups is 1. The van der Waals surface area contributed by atoms with E-state index in [9.17, 15) is 4.79 Å². The van der Waals surface area contributed by atoms with Crippen LogP contribution in [-0.2, 0) is 14.3 Å². The summed E-state index contributed by atoms with van der Waals surface area (Å²) in [6, 6.07) is 0.199. The first kappa shape index (κ1) is 22.4. The summed E-state index contributed by atoms with van der Waals surface area (Å²) in [7, 11) is 1.71. The van der Waals surface area contributed by atoms with Gasteiger partial charge in [-0.05, 0) is 53.4 Å². The summed E-state index contributed by atoms with van der Waals surface area (Å²) in [6.45, 7) is 20.0. The van der Waals surface area contributed by atoms with E-state index in [-0.39, 0.29) is 23.0 Å². The Morgan fingerprint density at radius 3 is 1.91 bits per heavy atom. The quantitative estimate of drug-likeness (QED) is 0.634. The molecule has 138 valence electrons. The van der Waals surface area contributed by atoms with Crippen LogP contribution in [0.1, 0.15) is 75.2 Å². The van der Waals surface area contributed by atoms with Crippen LogP contribution in [0.3, 0.4) is 0 Å². The maximum absolute atomic E-state index is 12.7. The molecule has 0 bridgehead atoms. The first-order valence-corrected chi connectivity index (χ1v) is 8.68. The first-order valence-electron chi connectivity index (χ1n) is 8.68. The minimum atomic E-state index is -0.466. The number of hydrogen-bond acceptors (Lipinski definition) is 3. The Labute approximate surface area is 143 Å². The van der Waals surface area contributed by atoms with Crippen LogP contribution in [0.4, 0.5) is 0 Å². The number of carbonyl (C=O) groups excluding carboxylic acids is 1. The molecule has 0 aliphatic carbocycles. The van der Waals surface area contributed by atoms with Gasteiger partial charge in [-0.1, -0.05) is 20.8 Å². The molecule has 0 rings (SSSR count). The highest BCUT2D eigenvalue weighted by Gasteiger charge is 2.30. The van der Waals surface area contributed by atoms with Crippen LogP contribution in [0.15, 0.2) is 0 Å². The average Bonchev–Trinajstić information content (AvgIpc) is 2.33. The number of methoxy groups -OCH3 is 1. The average molecular weight is 330 g/mol. The summed E-state index contributed by atoms with van der Waals surface area (Å²) >= 11 is 0. The van der Waals surface area contributed by atoms with Crippen molar-refractivity contribution in [3.05, 3.63) is 0 Å². The Hall–Kier alpha value is -0.610. The maximum atomic E-state index is 12.7. The molecule has 0 N–H and O–H groups in total. The SMILES string of the molecule is COC(C)(C)CCOC(C)(C)CC(=O)N(CC(C)(C)C)C(C)C. The molecular formula is C19H39NO3. The fourth-order valence-electron chi connectivity index (χ4n) is 2.26. The van der Waals surface area contributed by atoms with Crippen LogP contribution >= 0.6 is 0 Å². The Balaban J connectivity index is 4.64. The maximum Gasteiger partial charge on any atom is 0.225 e. The van der Waals surface area contributed by atoms with Gasteiger partial charge < -0.3 is 14.4 Å². The predicted molar refractivity (Wildman–Crippen MR) is 96.7 cm³/mol. The Kier molecular flexibility index (Phi) is 8.25. The molecule has 0 aromatic rings. The summed E-state index contributed by atoms with van der Waals surface area (Å²) in [4.78, 5) is 14.7. The van der Waals surface area contributed by atoms with E-state index in [1.807, 2.05) is 32.6 Å². The van der Waals surface area contributed by atoms with E-state index in [1.165, 1.54) is 0 Å². The molecule has 0 aliphatic heterocycles. The van der Waals surface area contributed by atoms with Crippen molar-refractivity contribution in [2.45, 2.75) is 92.4 Å². The van der Waals surface area contributed by atoms with E-state index < -0.39 is 5.60 Å². The molecule has 0 heterocycles. The lowest BCUT2D eigenvalue weighted by atomic mass is 9.94. The Bertz CT molecular complexity index is 367. The monoisotopic (exact) mass is 329 g/mol. The van der Waals surface area contributed by atoms with Crippen molar-refractivity contribution in [2.24, 2.45) is 5.41 Å². The van der Waals surface area contributed by atoms with E-state index in [0.717, 1.165) is 13.0 Å². The zero-order valence-electron chi connectivity index (χ0n) is 17.1. The van der Waals surface area contributed by atoms with Gasteiger partial charge in [-0.15, -0.1) is 0 Å². The third-order valence-electron chi connectivity index (χ3n) is 3.91. The van der Waals surface area contributed by atoms with Gasteiger partial charge in [0.15, 0.2) is 0 Å². The van der Waals surface area contributed by atoms with Crippen LogP contribution in [0, 0.1) is 5.41 Å². The van der Waals surface area contributed by atoms with Gasteiger partial charge >= 0.3 is 0 Å². The summed E-state index contributed by atoms with van der Waals surface area (Å²) < 4.78 is 11.4. The minimum Gasteiger partial charge on any atom is -0.379 e. The number of rotatable bonds is 9. The molecule has 4 heteroatoms. The molecule has 0 unspecified atom stereocenters. The van der Waals surface area contributed by atoms with Gasteiger partial charge in [-0.3, -0.25) is 4.79 Å². The summed E-state index contributed by atoms with van der Waals surface area (Å²) in [5, 5.41) is 0. The van der Waals surface area contributed by atoms with Gasteiger partial charge in [-0.25, -0.2) is 0 Å². The molecular weight excluding hydrogens is 290 g/mol. The molecule has 0 atom stereocenters. The molecule has 1 amide bonds. The molecule has 0 aromatic heterocycles. The summed E-state index contributed by atoms with van der Waals surface area (Å²) in [6.07, 6.45) is 1.20. The lowest BCUT2D eigenvalue weighted by molar-refractivity contribution is -0.141. The van der Waals surface area contributed by atoms with E-state index in [0.29, 0.717) is 13.0 Å². The lowest BCUT2D eigenvalue weighted by Gasteiger charge is -2.36. The number of amides is 1. The van der Waals surface area contributed by atoms with E-state index >= 15 is 0 Å². The van der Waals surface area contributed by atoms with E-state index in [4.69, 9.17) is 9.47 Å². The minimum absolute atomic E-state index is 0.0907. The molecule has 0 radical (unpaired) electrons. The van der Waals surface area contributed by atoms with Crippen molar-refractivity contribution >= 4 is 5.91 Å². The molecule has 23 heavy (non-hydrogen) atoms. The van der Waals surface area contributed by atoms with Gasteiger partial charge in [0.1, 0.15) is 0 Å². The van der Waals surface area contributed by atoms with Crippen LogP contribution in [0.2, 0.25) is 0 Å². The number of ether oxygens (including phenoxy) is 2. The van der Waals surface area contributed by atoms with Gasteiger partial charge in [0.2, 0.25) is 5.91 Å². The third-order valence-corrected chi connectivity index (χ3v) is 3.91. The summed E-state index contributed by atoms with van der Waals surface area (Å²) in [5.41, 5.74) is -0.574. The highest BCUT2D eigenvalue weighted by atomic mass is 16.5. The molecule has 0 aliphatic rings. The predicted octanol–water partition coefficient (Wildman–Crippen LogP) is 4.27. The summed E-state index contributed by atoms with van der Waals surface area (Å²) in [5.74, 6) is 0.158. The lowest BCUT2D eigenvalue weighted by Crippen LogP contribution is -2.45. The van der Waals surface area contributed by atoms with Crippen molar-refractivity contribution in [2.75, 3.05) is 20.3 Å². The van der Waals surface area contributed by atoms with E-state index in [1.54, 1.807) is 7.11 Å². The van der Waals surface area contributed by atoms with Crippen LogP contribution in [-0.4, -0.2) is 48.3 Å². The number of hydrogen-bond donors (Lipinski definition) is 0. The second-order valence-electron chi connectivity index (χ2n) is 9.17. The largest absolute Gasteiger partial charge is 0.379 e. The van der Waals surface area contributed by atoms with Gasteiger partial charge in [0.25, 0.3) is 0 Å². The van der Waals surface area contributed by atoms with Crippen LogP contribution in [0.25, 0.3) is 0 Å². The number of nitrogens with zero attached hydrogens (tertiary/aromatic N) is 1. The molecule has 0 fully saturated rings. The van der Waals surface area contributed by atoms with Crippen molar-refractivity contribution in [1.82, 2.24) is 4.90 Å². The first-order chi connectivity index (χ1) is 10.2. The molecule has 0 spiro atoms. The molecule has 0 aromatic carbocycles. The van der Waals surface area contributed by atoms with Crippen molar-refractivity contribution in [3.63, 3.8) is 0 Å². The normalized spacial score (nSPS) is 13.5. The third kappa shape index (κ3) is 9.98. The molecule has 0 saturated carbocycles. The van der Waals surface area contributed by atoms with Crippen molar-refractivity contribution in [3.8, 4) is 0 Å². The standard InChI is InChI=1S/C19H39NO3/c1-15(2)20(14-17(3,4)5)16(21)13-19(8,9)23-12-11-18(6,7)22-10/h15H,11-14H2,1-10H3. The highest BCUT2D eigenvalue weighted by Crippen LogP contribution is 2.23. The Morgan fingerprint density at radius 1 is 1.00 bits per heavy atom. The van der Waals surface area contributed by atoms with Crippen molar-refractivity contribution in [1.29, 1.82) is 0 Å². The van der Waals surface area contributed by atoms with Gasteiger partial charge in [0.05, 0.1) is 24.2 Å².